The van der Waals surface area contributed by atoms with Crippen molar-refractivity contribution in [2.75, 3.05) is 12.8 Å². The van der Waals surface area contributed by atoms with Gasteiger partial charge in [0.15, 0.2) is 0 Å². The Labute approximate surface area is 147 Å². The minimum Gasteiger partial charge on any atom is -0.464 e. The second kappa shape index (κ2) is 6.20. The Bertz CT molecular complexity index is 939. The third-order valence-corrected chi connectivity index (χ3v) is 4.33. The summed E-state index contributed by atoms with van der Waals surface area (Å²) in [5, 5.41) is 0.913. The molecule has 2 N–H and O–H groups in total. The largest absolute Gasteiger partial charge is 0.464 e. The SMILES string of the molecule is COC(=O)c1cc(-c2ccc(C(C)(C)C)cc2)c2cccc(N)c2n1. The molecule has 0 fully saturated rings. The van der Waals surface area contributed by atoms with Gasteiger partial charge >= 0.3 is 5.97 Å². The zero-order valence-corrected chi connectivity index (χ0v) is 15.0. The summed E-state index contributed by atoms with van der Waals surface area (Å²) in [7, 11) is 1.35. The van der Waals surface area contributed by atoms with Crippen molar-refractivity contribution in [2.24, 2.45) is 0 Å². The van der Waals surface area contributed by atoms with Gasteiger partial charge in [-0.2, -0.15) is 0 Å². The van der Waals surface area contributed by atoms with Gasteiger partial charge in [0.25, 0.3) is 0 Å². The Morgan fingerprint density at radius 1 is 1.08 bits per heavy atom. The number of carbonyl (C=O) groups excluding carboxylic acids is 1. The van der Waals surface area contributed by atoms with Gasteiger partial charge in [0.05, 0.1) is 18.3 Å². The molecule has 0 aliphatic carbocycles. The molecule has 0 unspecified atom stereocenters. The predicted molar refractivity (Wildman–Crippen MR) is 102 cm³/mol. The first-order valence-corrected chi connectivity index (χ1v) is 8.20. The fourth-order valence-electron chi connectivity index (χ4n) is 2.87. The maximum atomic E-state index is 12.0. The third kappa shape index (κ3) is 3.20. The lowest BCUT2D eigenvalue weighted by Gasteiger charge is -2.19. The molecule has 4 heteroatoms. The lowest BCUT2D eigenvalue weighted by molar-refractivity contribution is 0.0594. The average Bonchev–Trinajstić information content (AvgIpc) is 2.60. The molecule has 1 heterocycles. The smallest absolute Gasteiger partial charge is 0.356 e. The zero-order valence-electron chi connectivity index (χ0n) is 15.0. The number of fused-ring (bicyclic) bond motifs is 1. The number of hydrogen-bond donors (Lipinski definition) is 1. The van der Waals surface area contributed by atoms with Crippen molar-refractivity contribution >= 4 is 22.6 Å². The number of pyridine rings is 1. The maximum absolute atomic E-state index is 12.0. The van der Waals surface area contributed by atoms with Gasteiger partial charge in [-0.1, -0.05) is 57.2 Å². The number of rotatable bonds is 2. The summed E-state index contributed by atoms with van der Waals surface area (Å²) < 4.78 is 4.84. The van der Waals surface area contributed by atoms with E-state index < -0.39 is 5.97 Å². The molecular weight excluding hydrogens is 312 g/mol. The molecule has 25 heavy (non-hydrogen) atoms. The number of nitrogen functional groups attached to an aromatic ring is 1. The first kappa shape index (κ1) is 17.0. The molecule has 0 saturated heterocycles. The molecule has 3 rings (SSSR count). The highest BCUT2D eigenvalue weighted by Crippen LogP contribution is 2.33. The molecule has 1 aromatic heterocycles. The summed E-state index contributed by atoms with van der Waals surface area (Å²) in [5.41, 5.74) is 10.7. The van der Waals surface area contributed by atoms with E-state index in [1.54, 1.807) is 12.1 Å². The molecule has 0 saturated carbocycles. The van der Waals surface area contributed by atoms with Crippen molar-refractivity contribution < 1.29 is 9.53 Å². The lowest BCUT2D eigenvalue weighted by Crippen LogP contribution is -2.10. The highest BCUT2D eigenvalue weighted by molar-refractivity contribution is 6.03. The Balaban J connectivity index is 2.24. The number of carbonyl (C=O) groups is 1. The number of esters is 1. The number of benzene rings is 2. The molecule has 0 bridgehead atoms. The van der Waals surface area contributed by atoms with Gasteiger partial charge in [0.1, 0.15) is 5.69 Å². The minimum absolute atomic E-state index is 0.0838. The summed E-state index contributed by atoms with van der Waals surface area (Å²) in [6, 6.07) is 15.8. The Morgan fingerprint density at radius 3 is 2.36 bits per heavy atom. The molecular formula is C21H22N2O2. The normalized spacial score (nSPS) is 11.5. The van der Waals surface area contributed by atoms with Crippen LogP contribution in [0.5, 0.6) is 0 Å². The van der Waals surface area contributed by atoms with Crippen LogP contribution in [0.1, 0.15) is 36.8 Å². The van der Waals surface area contributed by atoms with Crippen LogP contribution >= 0.6 is 0 Å². The molecule has 4 nitrogen and oxygen atoms in total. The van der Waals surface area contributed by atoms with Gasteiger partial charge in [-0.25, -0.2) is 9.78 Å². The number of hydrogen-bond acceptors (Lipinski definition) is 4. The Morgan fingerprint density at radius 2 is 1.76 bits per heavy atom. The van der Waals surface area contributed by atoms with E-state index in [4.69, 9.17) is 10.5 Å². The zero-order chi connectivity index (χ0) is 18.2. The molecule has 0 aliphatic heterocycles. The van der Waals surface area contributed by atoms with Crippen LogP contribution in [0.25, 0.3) is 22.0 Å². The second-order valence-corrected chi connectivity index (χ2v) is 7.12. The summed E-state index contributed by atoms with van der Waals surface area (Å²) in [4.78, 5) is 16.4. The first-order valence-electron chi connectivity index (χ1n) is 8.20. The van der Waals surface area contributed by atoms with Crippen LogP contribution in [0.2, 0.25) is 0 Å². The Kier molecular flexibility index (Phi) is 4.21. The highest BCUT2D eigenvalue weighted by atomic mass is 16.5. The Hall–Kier alpha value is -2.88. The molecule has 2 aromatic carbocycles. The number of anilines is 1. The number of aromatic nitrogens is 1. The van der Waals surface area contributed by atoms with Gasteiger partial charge in [0, 0.05) is 5.39 Å². The molecule has 0 spiro atoms. The molecule has 0 radical (unpaired) electrons. The van der Waals surface area contributed by atoms with Gasteiger partial charge in [0.2, 0.25) is 0 Å². The quantitative estimate of drug-likeness (QED) is 0.551. The number of methoxy groups -OCH3 is 1. The van der Waals surface area contributed by atoms with Crippen LogP contribution in [0.4, 0.5) is 5.69 Å². The monoisotopic (exact) mass is 334 g/mol. The summed E-state index contributed by atoms with van der Waals surface area (Å²) in [5.74, 6) is -0.474. The minimum atomic E-state index is -0.474. The molecule has 128 valence electrons. The maximum Gasteiger partial charge on any atom is 0.356 e. The molecule has 0 atom stereocenters. The van der Waals surface area contributed by atoms with Gasteiger partial charge < -0.3 is 10.5 Å². The van der Waals surface area contributed by atoms with Crippen LogP contribution in [0.15, 0.2) is 48.5 Å². The van der Waals surface area contributed by atoms with Crippen molar-refractivity contribution in [1.29, 1.82) is 0 Å². The van der Waals surface area contributed by atoms with Crippen molar-refractivity contribution in [3.05, 3.63) is 59.8 Å². The van der Waals surface area contributed by atoms with Crippen LogP contribution in [0.3, 0.4) is 0 Å². The van der Waals surface area contributed by atoms with Crippen LogP contribution in [0, 0.1) is 0 Å². The topological polar surface area (TPSA) is 65.2 Å². The standard InChI is InChI=1S/C21H22N2O2/c1-21(2,3)14-10-8-13(9-11-14)16-12-18(20(24)25-4)23-19-15(16)6-5-7-17(19)22/h5-12H,22H2,1-4H3. The van der Waals surface area contributed by atoms with E-state index in [-0.39, 0.29) is 11.1 Å². The highest BCUT2D eigenvalue weighted by Gasteiger charge is 2.17. The number of para-hydroxylation sites is 1. The number of ether oxygens (including phenoxy) is 1. The fourth-order valence-corrected chi connectivity index (χ4v) is 2.87. The lowest BCUT2D eigenvalue weighted by atomic mass is 9.86. The first-order chi connectivity index (χ1) is 11.8. The third-order valence-electron chi connectivity index (χ3n) is 4.33. The average molecular weight is 334 g/mol. The van der Waals surface area contributed by atoms with E-state index >= 15 is 0 Å². The van der Waals surface area contributed by atoms with Crippen LogP contribution in [-0.4, -0.2) is 18.1 Å². The summed E-state index contributed by atoms with van der Waals surface area (Å²) in [6.07, 6.45) is 0. The van der Waals surface area contributed by atoms with E-state index in [2.05, 4.69) is 50.0 Å². The van der Waals surface area contributed by atoms with Crippen LogP contribution in [-0.2, 0) is 10.2 Å². The van der Waals surface area contributed by atoms with Crippen LogP contribution < -0.4 is 5.73 Å². The van der Waals surface area contributed by atoms with E-state index in [0.29, 0.717) is 11.2 Å². The summed E-state index contributed by atoms with van der Waals surface area (Å²) in [6.45, 7) is 6.54. The van der Waals surface area contributed by atoms with Gasteiger partial charge in [-0.05, 0) is 34.2 Å². The predicted octanol–water partition coefficient (Wildman–Crippen LogP) is 4.57. The molecule has 3 aromatic rings. The van der Waals surface area contributed by atoms with Crippen molar-refractivity contribution in [1.82, 2.24) is 4.98 Å². The van der Waals surface area contributed by atoms with Crippen molar-refractivity contribution in [2.45, 2.75) is 26.2 Å². The molecule has 0 amide bonds. The van der Waals surface area contributed by atoms with Gasteiger partial charge in [-0.3, -0.25) is 0 Å². The second-order valence-electron chi connectivity index (χ2n) is 7.12. The van der Waals surface area contributed by atoms with E-state index in [1.165, 1.54) is 12.7 Å². The van der Waals surface area contributed by atoms with E-state index in [9.17, 15) is 4.79 Å². The van der Waals surface area contributed by atoms with E-state index in [0.717, 1.165) is 16.5 Å². The summed E-state index contributed by atoms with van der Waals surface area (Å²) >= 11 is 0. The van der Waals surface area contributed by atoms with Crippen molar-refractivity contribution in [3.8, 4) is 11.1 Å². The van der Waals surface area contributed by atoms with Crippen molar-refractivity contribution in [3.63, 3.8) is 0 Å². The van der Waals surface area contributed by atoms with Gasteiger partial charge in [-0.15, -0.1) is 0 Å². The number of nitrogens with two attached hydrogens (primary N) is 1. The van der Waals surface area contributed by atoms with E-state index in [1.807, 2.05) is 12.1 Å². The fraction of sp³-hybridized carbons (Fsp3) is 0.238. The molecule has 0 aliphatic rings. The number of nitrogens with zero attached hydrogens (tertiary/aromatic N) is 1.